The molecule has 0 aliphatic heterocycles. The van der Waals surface area contributed by atoms with E-state index in [1.165, 1.54) is 25.3 Å². The molecule has 1 unspecified atom stereocenters. The van der Waals surface area contributed by atoms with Crippen LogP contribution in [-0.2, 0) is 6.42 Å². The molecule has 17 heavy (non-hydrogen) atoms. The van der Waals surface area contributed by atoms with Gasteiger partial charge in [-0.2, -0.15) is 0 Å². The molecule has 1 saturated carbocycles. The first kappa shape index (κ1) is 12.5. The lowest BCUT2D eigenvalue weighted by molar-refractivity contribution is 0.258. The van der Waals surface area contributed by atoms with Gasteiger partial charge in [0.1, 0.15) is 0 Å². The van der Waals surface area contributed by atoms with Crippen LogP contribution in [0, 0.1) is 17.6 Å². The summed E-state index contributed by atoms with van der Waals surface area (Å²) in [5.74, 6) is 4.62. The van der Waals surface area contributed by atoms with Gasteiger partial charge in [-0.1, -0.05) is 31.4 Å². The van der Waals surface area contributed by atoms with E-state index in [0.717, 1.165) is 12.5 Å². The molecule has 0 radical (unpaired) electrons. The Hall–Kier alpha value is -1.00. The van der Waals surface area contributed by atoms with Gasteiger partial charge in [0.05, 0.1) is 0 Å². The maximum absolute atomic E-state index is 13.5. The lowest BCUT2D eigenvalue weighted by Gasteiger charge is -2.29. The zero-order valence-corrected chi connectivity index (χ0v) is 9.76. The third-order valence-corrected chi connectivity index (χ3v) is 3.58. The number of halogens is 2. The summed E-state index contributed by atoms with van der Waals surface area (Å²) in [5, 5.41) is 0. The second-order valence-electron chi connectivity index (χ2n) is 4.81. The lowest BCUT2D eigenvalue weighted by Crippen LogP contribution is -2.39. The van der Waals surface area contributed by atoms with Crippen LogP contribution in [0.25, 0.3) is 0 Å². The number of hydrazine groups is 1. The Kier molecular flexibility index (Phi) is 4.07. The Labute approximate surface area is 100 Å². The van der Waals surface area contributed by atoms with E-state index in [4.69, 9.17) is 5.84 Å². The standard InChI is InChI=1S/C13H18F2N2/c14-12-6-2-5-10(13(12)15)8-11(17-16)7-9-3-1-4-9/h2,5-6,9,11,17H,1,3-4,7-8,16H2. The highest BCUT2D eigenvalue weighted by atomic mass is 19.2. The van der Waals surface area contributed by atoms with Gasteiger partial charge in [0, 0.05) is 6.04 Å². The average molecular weight is 240 g/mol. The van der Waals surface area contributed by atoms with Gasteiger partial charge in [-0.25, -0.2) is 8.78 Å². The summed E-state index contributed by atoms with van der Waals surface area (Å²) in [5.41, 5.74) is 3.10. The number of benzene rings is 1. The van der Waals surface area contributed by atoms with Crippen molar-refractivity contribution in [2.75, 3.05) is 0 Å². The monoisotopic (exact) mass is 240 g/mol. The Morgan fingerprint density at radius 2 is 2.12 bits per heavy atom. The molecule has 0 amide bonds. The van der Waals surface area contributed by atoms with E-state index in [9.17, 15) is 8.78 Å². The normalized spacial score (nSPS) is 17.8. The molecule has 0 spiro atoms. The summed E-state index contributed by atoms with van der Waals surface area (Å²) in [4.78, 5) is 0. The zero-order chi connectivity index (χ0) is 12.3. The fourth-order valence-corrected chi connectivity index (χ4v) is 2.31. The van der Waals surface area contributed by atoms with Crippen LogP contribution < -0.4 is 11.3 Å². The number of hydrogen-bond donors (Lipinski definition) is 2. The van der Waals surface area contributed by atoms with Crippen molar-refractivity contribution in [2.45, 2.75) is 38.1 Å². The van der Waals surface area contributed by atoms with Gasteiger partial charge in [-0.15, -0.1) is 0 Å². The van der Waals surface area contributed by atoms with Crippen LogP contribution in [0.4, 0.5) is 8.78 Å². The van der Waals surface area contributed by atoms with E-state index < -0.39 is 11.6 Å². The molecule has 1 aliphatic carbocycles. The number of hydrogen-bond acceptors (Lipinski definition) is 2. The van der Waals surface area contributed by atoms with Crippen LogP contribution in [0.2, 0.25) is 0 Å². The van der Waals surface area contributed by atoms with Crippen molar-refractivity contribution in [1.29, 1.82) is 0 Å². The van der Waals surface area contributed by atoms with Crippen LogP contribution in [0.1, 0.15) is 31.2 Å². The molecule has 3 N–H and O–H groups in total. The van der Waals surface area contributed by atoms with Gasteiger partial charge in [0.15, 0.2) is 11.6 Å². The minimum absolute atomic E-state index is 0.0246. The molecule has 1 aromatic rings. The number of rotatable bonds is 5. The molecule has 1 atom stereocenters. The molecule has 1 aromatic carbocycles. The van der Waals surface area contributed by atoms with E-state index in [2.05, 4.69) is 5.43 Å². The average Bonchev–Trinajstić information content (AvgIpc) is 2.27. The van der Waals surface area contributed by atoms with Crippen LogP contribution >= 0.6 is 0 Å². The number of nitrogens with one attached hydrogen (secondary N) is 1. The summed E-state index contributed by atoms with van der Waals surface area (Å²) < 4.78 is 26.5. The molecule has 94 valence electrons. The molecule has 1 fully saturated rings. The molecule has 4 heteroatoms. The highest BCUT2D eigenvalue weighted by molar-refractivity contribution is 5.20. The van der Waals surface area contributed by atoms with E-state index in [-0.39, 0.29) is 6.04 Å². The van der Waals surface area contributed by atoms with Crippen molar-refractivity contribution in [3.63, 3.8) is 0 Å². The fourth-order valence-electron chi connectivity index (χ4n) is 2.31. The Balaban J connectivity index is 1.99. The van der Waals surface area contributed by atoms with E-state index in [1.54, 1.807) is 6.07 Å². The predicted molar refractivity (Wildman–Crippen MR) is 63.1 cm³/mol. The van der Waals surface area contributed by atoms with Crippen LogP contribution in [0.5, 0.6) is 0 Å². The van der Waals surface area contributed by atoms with Crippen LogP contribution in [0.15, 0.2) is 18.2 Å². The summed E-state index contributed by atoms with van der Waals surface area (Å²) in [6, 6.07) is 4.31. The summed E-state index contributed by atoms with van der Waals surface area (Å²) in [6.45, 7) is 0. The second-order valence-corrected chi connectivity index (χ2v) is 4.81. The zero-order valence-electron chi connectivity index (χ0n) is 9.76. The lowest BCUT2D eigenvalue weighted by atomic mass is 9.80. The summed E-state index contributed by atoms with van der Waals surface area (Å²) >= 11 is 0. The van der Waals surface area contributed by atoms with E-state index >= 15 is 0 Å². The number of nitrogens with two attached hydrogens (primary N) is 1. The maximum atomic E-state index is 13.5. The quantitative estimate of drug-likeness (QED) is 0.613. The molecular weight excluding hydrogens is 222 g/mol. The smallest absolute Gasteiger partial charge is 0.162 e. The minimum Gasteiger partial charge on any atom is -0.271 e. The third-order valence-electron chi connectivity index (χ3n) is 3.58. The van der Waals surface area contributed by atoms with Crippen LogP contribution in [0.3, 0.4) is 0 Å². The van der Waals surface area contributed by atoms with E-state index in [1.807, 2.05) is 0 Å². The van der Waals surface area contributed by atoms with Gasteiger partial charge in [-0.05, 0) is 30.4 Å². The molecule has 2 nitrogen and oxygen atoms in total. The molecule has 2 rings (SSSR count). The van der Waals surface area contributed by atoms with Crippen molar-refractivity contribution in [3.05, 3.63) is 35.4 Å². The molecule has 0 heterocycles. The molecule has 1 aliphatic rings. The van der Waals surface area contributed by atoms with Gasteiger partial charge < -0.3 is 0 Å². The first-order valence-corrected chi connectivity index (χ1v) is 6.09. The Bertz CT molecular complexity index is 378. The van der Waals surface area contributed by atoms with Crippen LogP contribution in [-0.4, -0.2) is 6.04 Å². The van der Waals surface area contributed by atoms with Crippen molar-refractivity contribution in [1.82, 2.24) is 5.43 Å². The van der Waals surface area contributed by atoms with Gasteiger partial charge in [-0.3, -0.25) is 11.3 Å². The highest BCUT2D eigenvalue weighted by Crippen LogP contribution is 2.31. The maximum Gasteiger partial charge on any atom is 0.162 e. The predicted octanol–water partition coefficient (Wildman–Crippen LogP) is 2.53. The van der Waals surface area contributed by atoms with Gasteiger partial charge in [0.2, 0.25) is 0 Å². The third kappa shape index (κ3) is 3.01. The highest BCUT2D eigenvalue weighted by Gasteiger charge is 2.22. The fraction of sp³-hybridized carbons (Fsp3) is 0.538. The molecule has 0 saturated heterocycles. The molecule has 0 bridgehead atoms. The summed E-state index contributed by atoms with van der Waals surface area (Å²) in [7, 11) is 0. The molecule has 0 aromatic heterocycles. The Morgan fingerprint density at radius 3 is 2.71 bits per heavy atom. The van der Waals surface area contributed by atoms with Crippen molar-refractivity contribution < 1.29 is 8.78 Å². The SMILES string of the molecule is NNC(Cc1cccc(F)c1F)CC1CCC1. The Morgan fingerprint density at radius 1 is 1.35 bits per heavy atom. The van der Waals surface area contributed by atoms with Gasteiger partial charge in [0.25, 0.3) is 0 Å². The van der Waals surface area contributed by atoms with Crippen molar-refractivity contribution in [2.24, 2.45) is 11.8 Å². The van der Waals surface area contributed by atoms with Crippen molar-refractivity contribution in [3.8, 4) is 0 Å². The molecular formula is C13H18F2N2. The van der Waals surface area contributed by atoms with E-state index in [0.29, 0.717) is 17.9 Å². The topological polar surface area (TPSA) is 38.0 Å². The van der Waals surface area contributed by atoms with Gasteiger partial charge >= 0.3 is 0 Å². The second kappa shape index (κ2) is 5.56. The first-order valence-electron chi connectivity index (χ1n) is 6.09. The van der Waals surface area contributed by atoms with Crippen molar-refractivity contribution >= 4 is 0 Å². The first-order chi connectivity index (χ1) is 8.20. The summed E-state index contributed by atoms with van der Waals surface area (Å²) in [6.07, 6.45) is 5.10. The minimum atomic E-state index is -0.790. The largest absolute Gasteiger partial charge is 0.271 e.